The molecule has 4 saturated carbocycles. The first-order chi connectivity index (χ1) is 17.9. The number of aryl methyl sites for hydroxylation is 1. The number of hydrogen-bond acceptors (Lipinski definition) is 5. The van der Waals surface area contributed by atoms with Crippen molar-refractivity contribution in [3.05, 3.63) is 77.4 Å². The van der Waals surface area contributed by atoms with Crippen LogP contribution in [-0.4, -0.2) is 27.2 Å². The molecule has 2 atom stereocenters. The Balaban J connectivity index is 1.21. The second-order valence-electron chi connectivity index (χ2n) is 11.3. The lowest BCUT2D eigenvalue weighted by molar-refractivity contribution is 0.0601. The first kappa shape index (κ1) is 23.9. The average Bonchev–Trinajstić information content (AvgIpc) is 3.33. The Labute approximate surface area is 219 Å². The number of rotatable bonds is 7. The van der Waals surface area contributed by atoms with Gasteiger partial charge in [0.1, 0.15) is 5.75 Å². The summed E-state index contributed by atoms with van der Waals surface area (Å²) in [5.74, 6) is 3.05. The number of carbonyl (C=O) groups is 1. The summed E-state index contributed by atoms with van der Waals surface area (Å²) in [5.41, 5.74) is 7.49. The maximum Gasteiger partial charge on any atom is 0.340 e. The molecule has 5 heteroatoms. The van der Waals surface area contributed by atoms with Gasteiger partial charge in [-0.05, 0) is 122 Å². The minimum Gasteiger partial charge on any atom is -0.497 e. The summed E-state index contributed by atoms with van der Waals surface area (Å²) in [6.45, 7) is 2.08. The molecule has 7 rings (SSSR count). The number of carbonyl (C=O) groups excluding carboxylic acids is 1. The number of esters is 1. The number of benzene rings is 3. The molecule has 0 heterocycles. The van der Waals surface area contributed by atoms with Gasteiger partial charge in [-0.3, -0.25) is 0 Å². The number of ether oxygens (including phenoxy) is 2. The predicted molar refractivity (Wildman–Crippen MR) is 149 cm³/mol. The Hall–Kier alpha value is -3.47. The summed E-state index contributed by atoms with van der Waals surface area (Å²) in [4.78, 5) is 14.6. The molecular weight excluding hydrogens is 460 g/mol. The van der Waals surface area contributed by atoms with Crippen molar-refractivity contribution >= 4 is 28.7 Å². The zero-order valence-electron chi connectivity index (χ0n) is 22.2. The first-order valence-corrected chi connectivity index (χ1v) is 13.4. The normalized spacial score (nSPS) is 25.2. The van der Waals surface area contributed by atoms with E-state index < -0.39 is 5.97 Å². The Bertz CT molecular complexity index is 1320. The van der Waals surface area contributed by atoms with Gasteiger partial charge in [-0.15, -0.1) is 0 Å². The van der Waals surface area contributed by atoms with Crippen LogP contribution in [-0.2, 0) is 10.2 Å². The topological polar surface area (TPSA) is 50.8 Å². The van der Waals surface area contributed by atoms with Crippen LogP contribution in [0.1, 0.15) is 53.6 Å². The van der Waals surface area contributed by atoms with Crippen LogP contribution in [0.25, 0.3) is 0 Å². The maximum absolute atomic E-state index is 12.3. The van der Waals surface area contributed by atoms with Gasteiger partial charge in [-0.1, -0.05) is 12.1 Å². The summed E-state index contributed by atoms with van der Waals surface area (Å²) in [7, 11) is 5.09. The van der Waals surface area contributed by atoms with Gasteiger partial charge in [0.05, 0.1) is 25.5 Å². The van der Waals surface area contributed by atoms with Crippen molar-refractivity contribution < 1.29 is 14.3 Å². The van der Waals surface area contributed by atoms with Gasteiger partial charge in [0.25, 0.3) is 0 Å². The molecule has 5 nitrogen and oxygen atoms in total. The minimum absolute atomic E-state index is 0.406. The SMILES string of the molecule is COC(=O)c1cc(OC)ccc1Nc1ccc(N(C)c2ccc(C34CC5CC(CC3C5)C4)cc2)cc1C. The molecule has 4 aliphatic carbocycles. The molecule has 4 bridgehead atoms. The van der Waals surface area contributed by atoms with Crippen LogP contribution in [0.15, 0.2) is 60.7 Å². The van der Waals surface area contributed by atoms with Crippen LogP contribution in [0.2, 0.25) is 0 Å². The quantitative estimate of drug-likeness (QED) is 0.346. The standard InChI is InChI=1S/C32H36N2O3/c1-20-13-26(9-11-29(20)33-30-12-10-27(36-3)17-28(30)31(35)37-4)34(2)25-7-5-23(6-8-25)32-18-21-14-22(19-32)16-24(32)15-21/h5-13,17,21-22,24,33H,14-16,18-19H2,1-4H3. The van der Waals surface area contributed by atoms with Gasteiger partial charge in [-0.2, -0.15) is 0 Å². The van der Waals surface area contributed by atoms with Crippen LogP contribution in [0, 0.1) is 24.7 Å². The van der Waals surface area contributed by atoms with Crippen molar-refractivity contribution in [3.8, 4) is 5.75 Å². The fourth-order valence-electron chi connectivity index (χ4n) is 7.61. The number of nitrogens with one attached hydrogen (secondary N) is 1. The molecule has 4 fully saturated rings. The molecule has 0 saturated heterocycles. The summed E-state index contributed by atoms with van der Waals surface area (Å²) < 4.78 is 10.3. The van der Waals surface area contributed by atoms with E-state index in [1.165, 1.54) is 44.9 Å². The molecule has 0 aromatic heterocycles. The van der Waals surface area contributed by atoms with E-state index in [4.69, 9.17) is 9.47 Å². The molecular formula is C32H36N2O3. The van der Waals surface area contributed by atoms with E-state index in [2.05, 4.69) is 66.7 Å². The lowest BCUT2D eigenvalue weighted by atomic mass is 9.71. The Morgan fingerprint density at radius 3 is 2.22 bits per heavy atom. The molecule has 1 N–H and O–H groups in total. The fraction of sp³-hybridized carbons (Fsp3) is 0.406. The zero-order valence-corrected chi connectivity index (χ0v) is 22.2. The highest BCUT2D eigenvalue weighted by Crippen LogP contribution is 2.66. The van der Waals surface area contributed by atoms with E-state index >= 15 is 0 Å². The van der Waals surface area contributed by atoms with Gasteiger partial charge in [0, 0.05) is 24.1 Å². The Kier molecular flexibility index (Phi) is 5.89. The van der Waals surface area contributed by atoms with Gasteiger partial charge in [-0.25, -0.2) is 4.79 Å². The highest BCUT2D eigenvalue weighted by Gasteiger charge is 2.58. The Morgan fingerprint density at radius 2 is 1.57 bits per heavy atom. The predicted octanol–water partition coefficient (Wildman–Crippen LogP) is 7.38. The monoisotopic (exact) mass is 496 g/mol. The van der Waals surface area contributed by atoms with Crippen molar-refractivity contribution in [2.75, 3.05) is 31.5 Å². The lowest BCUT2D eigenvalue weighted by Crippen LogP contribution is -2.27. The van der Waals surface area contributed by atoms with E-state index in [0.717, 1.165) is 34.7 Å². The molecule has 2 unspecified atom stereocenters. The summed E-state index contributed by atoms with van der Waals surface area (Å²) in [6, 6.07) is 21.1. The van der Waals surface area contributed by atoms with Crippen LogP contribution in [0.3, 0.4) is 0 Å². The number of anilines is 4. The Morgan fingerprint density at radius 1 is 0.892 bits per heavy atom. The van der Waals surface area contributed by atoms with Crippen LogP contribution >= 0.6 is 0 Å². The van der Waals surface area contributed by atoms with Crippen molar-refractivity contribution in [2.45, 2.75) is 44.4 Å². The van der Waals surface area contributed by atoms with Gasteiger partial charge in [0.15, 0.2) is 0 Å². The van der Waals surface area contributed by atoms with Gasteiger partial charge in [0.2, 0.25) is 0 Å². The third kappa shape index (κ3) is 4.05. The van der Waals surface area contributed by atoms with E-state index in [1.807, 2.05) is 12.1 Å². The van der Waals surface area contributed by atoms with Crippen LogP contribution in [0.5, 0.6) is 5.75 Å². The summed E-state index contributed by atoms with van der Waals surface area (Å²) in [6.07, 6.45) is 7.20. The molecule has 0 amide bonds. The first-order valence-electron chi connectivity index (χ1n) is 13.4. The van der Waals surface area contributed by atoms with Crippen molar-refractivity contribution in [1.29, 1.82) is 0 Å². The largest absolute Gasteiger partial charge is 0.497 e. The van der Waals surface area contributed by atoms with Crippen molar-refractivity contribution in [3.63, 3.8) is 0 Å². The summed E-state index contributed by atoms with van der Waals surface area (Å²) >= 11 is 0. The van der Waals surface area contributed by atoms with Crippen LogP contribution in [0.4, 0.5) is 22.7 Å². The van der Waals surface area contributed by atoms with Crippen molar-refractivity contribution in [1.82, 2.24) is 0 Å². The molecule has 0 aliphatic heterocycles. The molecule has 3 aromatic rings. The molecule has 37 heavy (non-hydrogen) atoms. The van der Waals surface area contributed by atoms with E-state index in [0.29, 0.717) is 22.4 Å². The number of hydrogen-bond donors (Lipinski definition) is 1. The second kappa shape index (κ2) is 9.13. The fourth-order valence-corrected chi connectivity index (χ4v) is 7.61. The number of methoxy groups -OCH3 is 2. The molecule has 3 aromatic carbocycles. The summed E-state index contributed by atoms with van der Waals surface area (Å²) in [5, 5.41) is 3.40. The van der Waals surface area contributed by atoms with E-state index in [9.17, 15) is 4.79 Å². The smallest absolute Gasteiger partial charge is 0.340 e. The highest BCUT2D eigenvalue weighted by molar-refractivity contribution is 5.97. The lowest BCUT2D eigenvalue weighted by Gasteiger charge is -2.34. The van der Waals surface area contributed by atoms with Crippen LogP contribution < -0.4 is 15.0 Å². The minimum atomic E-state index is -0.406. The van der Waals surface area contributed by atoms with Gasteiger partial charge < -0.3 is 19.7 Å². The molecule has 0 radical (unpaired) electrons. The average molecular weight is 497 g/mol. The molecule has 4 aliphatic rings. The molecule has 192 valence electrons. The zero-order chi connectivity index (χ0) is 25.7. The third-order valence-electron chi connectivity index (χ3n) is 9.32. The number of nitrogens with zero attached hydrogens (tertiary/aromatic N) is 1. The molecule has 0 spiro atoms. The highest BCUT2D eigenvalue weighted by atomic mass is 16.5. The third-order valence-corrected chi connectivity index (χ3v) is 9.32. The second-order valence-corrected chi connectivity index (χ2v) is 11.3. The van der Waals surface area contributed by atoms with Gasteiger partial charge >= 0.3 is 5.97 Å². The van der Waals surface area contributed by atoms with Crippen molar-refractivity contribution in [2.24, 2.45) is 17.8 Å². The van der Waals surface area contributed by atoms with E-state index in [-0.39, 0.29) is 0 Å². The maximum atomic E-state index is 12.3. The van der Waals surface area contributed by atoms with E-state index in [1.54, 1.807) is 18.7 Å².